The molecule has 0 amide bonds. The van der Waals surface area contributed by atoms with Gasteiger partial charge in [0.05, 0.1) is 22.4 Å². The predicted octanol–water partition coefficient (Wildman–Crippen LogP) is 2.04. The second-order valence-corrected chi connectivity index (χ2v) is 3.25. The van der Waals surface area contributed by atoms with Gasteiger partial charge in [0.25, 0.3) is 0 Å². The molecule has 4 heteroatoms. The standard InChI is InChI=1S/C9H7ClN2O/c1-12-5-11-8-3-6(4-13)2-7(10)9(8)12/h2-5H,1H3. The van der Waals surface area contributed by atoms with Crippen LogP contribution in [0.25, 0.3) is 11.0 Å². The van der Waals surface area contributed by atoms with Gasteiger partial charge in [-0.05, 0) is 12.1 Å². The van der Waals surface area contributed by atoms with Crippen molar-refractivity contribution < 1.29 is 4.79 Å². The van der Waals surface area contributed by atoms with E-state index in [1.165, 1.54) is 0 Å². The van der Waals surface area contributed by atoms with Crippen LogP contribution in [0.5, 0.6) is 0 Å². The van der Waals surface area contributed by atoms with Crippen molar-refractivity contribution in [1.82, 2.24) is 9.55 Å². The van der Waals surface area contributed by atoms with Gasteiger partial charge < -0.3 is 4.57 Å². The van der Waals surface area contributed by atoms with E-state index in [2.05, 4.69) is 4.98 Å². The summed E-state index contributed by atoms with van der Waals surface area (Å²) in [5.41, 5.74) is 2.15. The average Bonchev–Trinajstić information content (AvgIpc) is 2.48. The Hall–Kier alpha value is -1.35. The van der Waals surface area contributed by atoms with Crippen LogP contribution in [0.15, 0.2) is 18.5 Å². The lowest BCUT2D eigenvalue weighted by molar-refractivity contribution is 0.112. The van der Waals surface area contributed by atoms with Crippen LogP contribution in [0.4, 0.5) is 0 Å². The highest BCUT2D eigenvalue weighted by Gasteiger charge is 2.05. The molecule has 0 atom stereocenters. The number of hydrogen-bond acceptors (Lipinski definition) is 2. The van der Waals surface area contributed by atoms with Crippen LogP contribution in [-0.4, -0.2) is 15.8 Å². The number of carbonyl (C=O) groups excluding carboxylic acids is 1. The largest absolute Gasteiger partial charge is 0.333 e. The average molecular weight is 195 g/mol. The van der Waals surface area contributed by atoms with Crippen LogP contribution in [0.3, 0.4) is 0 Å². The van der Waals surface area contributed by atoms with E-state index in [4.69, 9.17) is 11.6 Å². The van der Waals surface area contributed by atoms with E-state index >= 15 is 0 Å². The quantitative estimate of drug-likeness (QED) is 0.652. The maximum Gasteiger partial charge on any atom is 0.150 e. The lowest BCUT2D eigenvalue weighted by Gasteiger charge is -1.98. The van der Waals surface area contributed by atoms with E-state index in [1.54, 1.807) is 18.5 Å². The zero-order valence-corrected chi connectivity index (χ0v) is 7.75. The van der Waals surface area contributed by atoms with E-state index in [9.17, 15) is 4.79 Å². The van der Waals surface area contributed by atoms with Crippen molar-refractivity contribution in [3.05, 3.63) is 29.0 Å². The van der Waals surface area contributed by atoms with Crippen molar-refractivity contribution in [1.29, 1.82) is 0 Å². The van der Waals surface area contributed by atoms with Crippen LogP contribution in [-0.2, 0) is 7.05 Å². The maximum atomic E-state index is 10.5. The van der Waals surface area contributed by atoms with Gasteiger partial charge in [-0.1, -0.05) is 11.6 Å². The van der Waals surface area contributed by atoms with Crippen LogP contribution in [0.1, 0.15) is 10.4 Å². The van der Waals surface area contributed by atoms with Gasteiger partial charge in [-0.3, -0.25) is 4.79 Å². The van der Waals surface area contributed by atoms with Crippen molar-refractivity contribution in [2.45, 2.75) is 0 Å². The summed E-state index contributed by atoms with van der Waals surface area (Å²) in [7, 11) is 1.86. The molecule has 0 radical (unpaired) electrons. The first kappa shape index (κ1) is 8.26. The van der Waals surface area contributed by atoms with Crippen molar-refractivity contribution >= 4 is 28.9 Å². The zero-order chi connectivity index (χ0) is 9.42. The number of halogens is 1. The molecule has 0 unspecified atom stereocenters. The molecule has 0 N–H and O–H groups in total. The first-order chi connectivity index (χ1) is 6.22. The number of hydrogen-bond donors (Lipinski definition) is 0. The van der Waals surface area contributed by atoms with Crippen molar-refractivity contribution in [2.75, 3.05) is 0 Å². The summed E-state index contributed by atoms with van der Waals surface area (Å²) in [5, 5.41) is 0.555. The number of nitrogens with zero attached hydrogens (tertiary/aromatic N) is 2. The topological polar surface area (TPSA) is 34.9 Å². The first-order valence-electron chi connectivity index (χ1n) is 3.78. The molecule has 1 heterocycles. The highest BCUT2D eigenvalue weighted by molar-refractivity contribution is 6.35. The molecular formula is C9H7ClN2O. The normalized spacial score (nSPS) is 10.6. The molecule has 1 aromatic heterocycles. The van der Waals surface area contributed by atoms with Gasteiger partial charge in [-0.15, -0.1) is 0 Å². The number of carbonyl (C=O) groups is 1. The van der Waals surface area contributed by atoms with E-state index < -0.39 is 0 Å². The lowest BCUT2D eigenvalue weighted by atomic mass is 10.2. The Morgan fingerprint density at radius 1 is 1.54 bits per heavy atom. The molecule has 2 aromatic rings. The molecule has 0 aliphatic carbocycles. The molecule has 0 fully saturated rings. The predicted molar refractivity (Wildman–Crippen MR) is 51.1 cm³/mol. The minimum Gasteiger partial charge on any atom is -0.333 e. The molecule has 1 aromatic carbocycles. The summed E-state index contributed by atoms with van der Waals surface area (Å²) in [6.45, 7) is 0. The van der Waals surface area contributed by atoms with Gasteiger partial charge >= 0.3 is 0 Å². The molecule has 0 aliphatic rings. The van der Waals surface area contributed by atoms with Gasteiger partial charge in [0.2, 0.25) is 0 Å². The number of benzene rings is 1. The molecule has 0 spiro atoms. The van der Waals surface area contributed by atoms with Crippen molar-refractivity contribution in [2.24, 2.45) is 7.05 Å². The van der Waals surface area contributed by atoms with Gasteiger partial charge in [-0.2, -0.15) is 0 Å². The number of imidazole rings is 1. The molecule has 0 aliphatic heterocycles. The summed E-state index contributed by atoms with van der Waals surface area (Å²) >= 11 is 5.97. The van der Waals surface area contributed by atoms with E-state index in [1.807, 2.05) is 11.6 Å². The molecule has 0 saturated heterocycles. The van der Waals surface area contributed by atoms with Crippen molar-refractivity contribution in [3.63, 3.8) is 0 Å². The summed E-state index contributed by atoms with van der Waals surface area (Å²) < 4.78 is 1.83. The van der Waals surface area contributed by atoms with Crippen LogP contribution >= 0.6 is 11.6 Å². The molecular weight excluding hydrogens is 188 g/mol. The fourth-order valence-corrected chi connectivity index (χ4v) is 1.68. The highest BCUT2D eigenvalue weighted by atomic mass is 35.5. The summed E-state index contributed by atoms with van der Waals surface area (Å²) in [6, 6.07) is 3.35. The van der Waals surface area contributed by atoms with Crippen LogP contribution in [0.2, 0.25) is 5.02 Å². The number of aryl methyl sites for hydroxylation is 1. The maximum absolute atomic E-state index is 10.5. The fraction of sp³-hybridized carbons (Fsp3) is 0.111. The molecule has 66 valence electrons. The Morgan fingerprint density at radius 3 is 3.00 bits per heavy atom. The Morgan fingerprint density at radius 2 is 2.31 bits per heavy atom. The van der Waals surface area contributed by atoms with Gasteiger partial charge in [0.15, 0.2) is 0 Å². The van der Waals surface area contributed by atoms with E-state index in [0.29, 0.717) is 10.6 Å². The third-order valence-corrected chi connectivity index (χ3v) is 2.21. The number of rotatable bonds is 1. The minimum absolute atomic E-state index is 0.552. The summed E-state index contributed by atoms with van der Waals surface area (Å²) in [5.74, 6) is 0. The monoisotopic (exact) mass is 194 g/mol. The minimum atomic E-state index is 0.552. The lowest BCUT2D eigenvalue weighted by Crippen LogP contribution is -1.86. The SMILES string of the molecule is Cn1cnc2cc(C=O)cc(Cl)c21. The Labute approximate surface area is 79.9 Å². The smallest absolute Gasteiger partial charge is 0.150 e. The molecule has 0 saturated carbocycles. The summed E-state index contributed by atoms with van der Waals surface area (Å²) in [6.07, 6.45) is 2.44. The fourth-order valence-electron chi connectivity index (χ4n) is 1.33. The summed E-state index contributed by atoms with van der Waals surface area (Å²) in [4.78, 5) is 14.6. The number of aldehydes is 1. The Bertz CT molecular complexity index is 476. The van der Waals surface area contributed by atoms with Gasteiger partial charge in [-0.25, -0.2) is 4.98 Å². The van der Waals surface area contributed by atoms with Crippen LogP contribution < -0.4 is 0 Å². The number of aromatic nitrogens is 2. The number of fused-ring (bicyclic) bond motifs is 1. The third-order valence-electron chi connectivity index (χ3n) is 1.92. The molecule has 13 heavy (non-hydrogen) atoms. The zero-order valence-electron chi connectivity index (χ0n) is 6.99. The van der Waals surface area contributed by atoms with E-state index in [0.717, 1.165) is 17.3 Å². The third kappa shape index (κ3) is 1.21. The second-order valence-electron chi connectivity index (χ2n) is 2.84. The Balaban J connectivity index is 2.86. The molecule has 0 bridgehead atoms. The highest BCUT2D eigenvalue weighted by Crippen LogP contribution is 2.23. The van der Waals surface area contributed by atoms with Gasteiger partial charge in [0.1, 0.15) is 6.29 Å². The Kier molecular flexibility index (Phi) is 1.81. The van der Waals surface area contributed by atoms with Crippen molar-refractivity contribution in [3.8, 4) is 0 Å². The molecule has 2 rings (SSSR count). The second kappa shape index (κ2) is 2.85. The van der Waals surface area contributed by atoms with Crippen LogP contribution in [0, 0.1) is 0 Å². The first-order valence-corrected chi connectivity index (χ1v) is 4.16. The molecule has 3 nitrogen and oxygen atoms in total. The van der Waals surface area contributed by atoms with Gasteiger partial charge in [0, 0.05) is 12.6 Å². The van der Waals surface area contributed by atoms with E-state index in [-0.39, 0.29) is 0 Å².